The Balaban J connectivity index is 1.51. The highest BCUT2D eigenvalue weighted by atomic mass is 16.5. The first-order valence-electron chi connectivity index (χ1n) is 10.2. The molecule has 0 spiro atoms. The summed E-state index contributed by atoms with van der Waals surface area (Å²) in [6, 6.07) is 7.78. The fraction of sp³-hybridized carbons (Fsp3) is 0.545. The highest BCUT2D eigenvalue weighted by Crippen LogP contribution is 2.19. The van der Waals surface area contributed by atoms with Crippen molar-refractivity contribution in [1.82, 2.24) is 15.2 Å². The lowest BCUT2D eigenvalue weighted by atomic mass is 9.98. The van der Waals surface area contributed by atoms with Gasteiger partial charge < -0.3 is 15.0 Å². The van der Waals surface area contributed by atoms with Gasteiger partial charge in [-0.15, -0.1) is 0 Å². The number of carbonyl (C=O) groups is 1. The summed E-state index contributed by atoms with van der Waals surface area (Å²) in [4.78, 5) is 29.9. The zero-order valence-corrected chi connectivity index (χ0v) is 17.1. The minimum Gasteiger partial charge on any atom is -0.497 e. The van der Waals surface area contributed by atoms with Crippen LogP contribution in [0.5, 0.6) is 5.75 Å². The highest BCUT2D eigenvalue weighted by molar-refractivity contribution is 5.81. The zero-order valence-electron chi connectivity index (χ0n) is 17.1. The van der Waals surface area contributed by atoms with Crippen LogP contribution < -0.4 is 15.6 Å². The van der Waals surface area contributed by atoms with Crippen molar-refractivity contribution < 1.29 is 9.53 Å². The molecule has 2 N–H and O–H groups in total. The second kappa shape index (κ2) is 9.24. The third kappa shape index (κ3) is 5.13. The second-order valence-electron chi connectivity index (χ2n) is 7.95. The first-order chi connectivity index (χ1) is 13.5. The van der Waals surface area contributed by atoms with Gasteiger partial charge in [0.05, 0.1) is 12.6 Å². The number of methoxy groups -OCH3 is 1. The molecule has 28 heavy (non-hydrogen) atoms. The summed E-state index contributed by atoms with van der Waals surface area (Å²) in [5.74, 6) is 1.50. The van der Waals surface area contributed by atoms with Gasteiger partial charge in [-0.1, -0.05) is 6.92 Å². The smallest absolute Gasteiger partial charge is 0.251 e. The fourth-order valence-corrected chi connectivity index (χ4v) is 3.73. The molecule has 1 aliphatic heterocycles. The van der Waals surface area contributed by atoms with E-state index >= 15 is 0 Å². The van der Waals surface area contributed by atoms with Crippen molar-refractivity contribution in [3.05, 3.63) is 40.2 Å². The summed E-state index contributed by atoms with van der Waals surface area (Å²) in [6.07, 6.45) is 3.21. The van der Waals surface area contributed by atoms with E-state index in [0.29, 0.717) is 36.7 Å². The Kier molecular flexibility index (Phi) is 6.73. The third-order valence-corrected chi connectivity index (χ3v) is 5.79. The molecule has 0 bridgehead atoms. The second-order valence-corrected chi connectivity index (χ2v) is 7.95. The Labute approximate surface area is 166 Å². The molecular weight excluding hydrogens is 354 g/mol. The quantitative estimate of drug-likeness (QED) is 0.769. The van der Waals surface area contributed by atoms with Crippen molar-refractivity contribution in [1.29, 1.82) is 0 Å². The number of amides is 1. The van der Waals surface area contributed by atoms with Gasteiger partial charge in [0.2, 0.25) is 5.91 Å². The molecule has 6 heteroatoms. The summed E-state index contributed by atoms with van der Waals surface area (Å²) in [7, 11) is 1.60. The summed E-state index contributed by atoms with van der Waals surface area (Å²) < 4.78 is 5.19. The van der Waals surface area contributed by atoms with Crippen LogP contribution in [0.3, 0.4) is 0 Å². The predicted molar refractivity (Wildman–Crippen MR) is 112 cm³/mol. The molecule has 1 fully saturated rings. The number of benzene rings is 1. The first-order valence-corrected chi connectivity index (χ1v) is 10.2. The highest BCUT2D eigenvalue weighted by Gasteiger charge is 2.20. The SMILES string of the molecule is COc1ccc2cc(CCC(=O)NCC(C)N3CCC(C)CC3)c(=O)[nH]c2c1. The lowest BCUT2D eigenvalue weighted by Gasteiger charge is -2.35. The Morgan fingerprint density at radius 3 is 2.79 bits per heavy atom. The first kappa shape index (κ1) is 20.4. The molecule has 0 aliphatic carbocycles. The van der Waals surface area contributed by atoms with Crippen LogP contribution in [0.4, 0.5) is 0 Å². The van der Waals surface area contributed by atoms with Crippen LogP contribution in [0.2, 0.25) is 0 Å². The molecule has 1 saturated heterocycles. The molecule has 0 radical (unpaired) electrons. The van der Waals surface area contributed by atoms with Crippen molar-refractivity contribution >= 4 is 16.8 Å². The van der Waals surface area contributed by atoms with Crippen LogP contribution in [-0.2, 0) is 11.2 Å². The zero-order chi connectivity index (χ0) is 20.1. The number of ether oxygens (including phenoxy) is 1. The minimum absolute atomic E-state index is 0.00791. The monoisotopic (exact) mass is 385 g/mol. The van der Waals surface area contributed by atoms with Crippen LogP contribution >= 0.6 is 0 Å². The van der Waals surface area contributed by atoms with Gasteiger partial charge in [0, 0.05) is 30.6 Å². The molecule has 1 aromatic heterocycles. The molecule has 1 amide bonds. The number of fused-ring (bicyclic) bond motifs is 1. The number of H-pyrrole nitrogens is 1. The molecule has 3 rings (SSSR count). The summed E-state index contributed by atoms with van der Waals surface area (Å²) in [6.45, 7) is 7.33. The number of nitrogens with zero attached hydrogens (tertiary/aromatic N) is 1. The number of carbonyl (C=O) groups excluding carboxylic acids is 1. The van der Waals surface area contributed by atoms with Gasteiger partial charge in [-0.25, -0.2) is 0 Å². The van der Waals surface area contributed by atoms with E-state index in [4.69, 9.17) is 4.74 Å². The van der Waals surface area contributed by atoms with E-state index in [1.165, 1.54) is 12.8 Å². The van der Waals surface area contributed by atoms with Gasteiger partial charge in [-0.3, -0.25) is 14.5 Å². The van der Waals surface area contributed by atoms with Gasteiger partial charge >= 0.3 is 0 Å². The topological polar surface area (TPSA) is 74.4 Å². The number of piperidine rings is 1. The van der Waals surface area contributed by atoms with Gasteiger partial charge in [0.1, 0.15) is 5.75 Å². The molecule has 1 atom stereocenters. The number of aryl methyl sites for hydroxylation is 1. The van der Waals surface area contributed by atoms with Gasteiger partial charge in [-0.2, -0.15) is 0 Å². The number of pyridine rings is 1. The maximum Gasteiger partial charge on any atom is 0.251 e. The molecular formula is C22H31N3O3. The van der Waals surface area contributed by atoms with Gasteiger partial charge in [0.15, 0.2) is 0 Å². The maximum atomic E-state index is 12.3. The number of rotatable bonds is 7. The number of hydrogen-bond donors (Lipinski definition) is 2. The van der Waals surface area contributed by atoms with Crippen molar-refractivity contribution in [3.8, 4) is 5.75 Å². The predicted octanol–water partition coefficient (Wildman–Crippen LogP) is 2.71. The van der Waals surface area contributed by atoms with Gasteiger partial charge in [0.25, 0.3) is 5.56 Å². The summed E-state index contributed by atoms with van der Waals surface area (Å²) >= 11 is 0. The fourth-order valence-electron chi connectivity index (χ4n) is 3.73. The lowest BCUT2D eigenvalue weighted by Crippen LogP contribution is -2.45. The van der Waals surface area contributed by atoms with Crippen LogP contribution in [0.1, 0.15) is 38.7 Å². The standard InChI is InChI=1S/C22H31N3O3/c1-15-8-10-25(11-9-15)16(2)14-23-21(26)7-5-18-12-17-4-6-19(28-3)13-20(17)24-22(18)27/h4,6,12-13,15-16H,5,7-11,14H2,1-3H3,(H,23,26)(H,24,27). The Hall–Kier alpha value is -2.34. The van der Waals surface area contributed by atoms with Crippen LogP contribution in [-0.4, -0.2) is 48.6 Å². The summed E-state index contributed by atoms with van der Waals surface area (Å²) in [5, 5.41) is 3.96. The van der Waals surface area contributed by atoms with Crippen molar-refractivity contribution in [3.63, 3.8) is 0 Å². The molecule has 1 aromatic carbocycles. The van der Waals surface area contributed by atoms with E-state index in [1.54, 1.807) is 13.2 Å². The number of aromatic nitrogens is 1. The minimum atomic E-state index is -0.149. The molecule has 1 unspecified atom stereocenters. The lowest BCUT2D eigenvalue weighted by molar-refractivity contribution is -0.121. The average molecular weight is 386 g/mol. The van der Waals surface area contributed by atoms with Crippen molar-refractivity contribution in [2.45, 2.75) is 45.6 Å². The van der Waals surface area contributed by atoms with E-state index in [9.17, 15) is 9.59 Å². The molecule has 2 aromatic rings. The maximum absolute atomic E-state index is 12.3. The van der Waals surface area contributed by atoms with E-state index in [0.717, 1.165) is 29.9 Å². The molecule has 2 heterocycles. The molecule has 0 saturated carbocycles. The van der Waals surface area contributed by atoms with Crippen molar-refractivity contribution in [2.24, 2.45) is 5.92 Å². The Morgan fingerprint density at radius 1 is 1.32 bits per heavy atom. The largest absolute Gasteiger partial charge is 0.497 e. The number of hydrogen-bond acceptors (Lipinski definition) is 4. The molecule has 152 valence electrons. The van der Waals surface area contributed by atoms with Crippen molar-refractivity contribution in [2.75, 3.05) is 26.7 Å². The van der Waals surface area contributed by atoms with Crippen LogP contribution in [0.25, 0.3) is 10.9 Å². The summed E-state index contributed by atoms with van der Waals surface area (Å²) in [5.41, 5.74) is 1.22. The number of aromatic amines is 1. The normalized spacial score (nSPS) is 16.8. The number of nitrogens with one attached hydrogen (secondary N) is 2. The van der Waals surface area contributed by atoms with Crippen LogP contribution in [0.15, 0.2) is 29.1 Å². The van der Waals surface area contributed by atoms with E-state index in [1.807, 2.05) is 18.2 Å². The van der Waals surface area contributed by atoms with Gasteiger partial charge in [-0.05, 0) is 68.8 Å². The molecule has 6 nitrogen and oxygen atoms in total. The van der Waals surface area contributed by atoms with E-state index in [-0.39, 0.29) is 11.5 Å². The van der Waals surface area contributed by atoms with Crippen LogP contribution in [0, 0.1) is 5.92 Å². The van der Waals surface area contributed by atoms with E-state index in [2.05, 4.69) is 29.0 Å². The Bertz CT molecular complexity index is 869. The number of likely N-dealkylation sites (tertiary alicyclic amines) is 1. The third-order valence-electron chi connectivity index (χ3n) is 5.79. The average Bonchev–Trinajstić information content (AvgIpc) is 2.70. The van der Waals surface area contributed by atoms with E-state index < -0.39 is 0 Å². The Morgan fingerprint density at radius 2 is 2.07 bits per heavy atom. The molecule has 1 aliphatic rings.